The molecule has 0 fully saturated rings. The van der Waals surface area contributed by atoms with Gasteiger partial charge in [0.1, 0.15) is 5.25 Å². The van der Waals surface area contributed by atoms with E-state index < -0.39 is 22.0 Å². The highest BCUT2D eigenvalue weighted by Gasteiger charge is 2.18. The maximum absolute atomic E-state index is 11.4. The van der Waals surface area contributed by atoms with Gasteiger partial charge >= 0.3 is 0 Å². The van der Waals surface area contributed by atoms with E-state index in [2.05, 4.69) is 6.92 Å². The van der Waals surface area contributed by atoms with Crippen molar-refractivity contribution in [2.75, 3.05) is 6.26 Å². The second kappa shape index (κ2) is 16.5. The predicted molar refractivity (Wildman–Crippen MR) is 102 cm³/mol. The summed E-state index contributed by atoms with van der Waals surface area (Å²) >= 11 is 0. The molecule has 0 radical (unpaired) electrons. The van der Waals surface area contributed by atoms with Crippen LogP contribution in [0.2, 0.25) is 0 Å². The summed E-state index contributed by atoms with van der Waals surface area (Å²) in [6, 6.07) is 0. The van der Waals surface area contributed by atoms with Crippen LogP contribution in [-0.2, 0) is 15.6 Å². The summed E-state index contributed by atoms with van der Waals surface area (Å²) in [6.45, 7) is 2.26. The van der Waals surface area contributed by atoms with Gasteiger partial charge in [-0.3, -0.25) is 9.00 Å². The molecule has 3 nitrogen and oxygen atoms in total. The molecule has 4 heteroatoms. The summed E-state index contributed by atoms with van der Waals surface area (Å²) < 4.78 is 11.4. The Morgan fingerprint density at radius 1 is 0.783 bits per heavy atom. The van der Waals surface area contributed by atoms with Crippen molar-refractivity contribution in [3.05, 3.63) is 0 Å². The van der Waals surface area contributed by atoms with E-state index in [1.54, 1.807) is 6.26 Å². The van der Waals surface area contributed by atoms with Crippen LogP contribution in [0.3, 0.4) is 0 Å². The average molecular weight is 346 g/mol. The standard InChI is InChI=1S/C19H39NO2S/c1-3-4-5-6-7-8-9-10-11-12-13-14-15-16-17-18(19(20)21)23(2)22/h18H,3-17H2,1-2H3,(H2,20,21). The number of unbranched alkanes of at least 4 members (excludes halogenated alkanes) is 13. The summed E-state index contributed by atoms with van der Waals surface area (Å²) in [6.07, 6.45) is 20.7. The third-order valence-electron chi connectivity index (χ3n) is 4.54. The van der Waals surface area contributed by atoms with Gasteiger partial charge in [0, 0.05) is 17.1 Å². The molecule has 0 spiro atoms. The first kappa shape index (κ1) is 22.6. The summed E-state index contributed by atoms with van der Waals surface area (Å²) in [4.78, 5) is 11.1. The van der Waals surface area contributed by atoms with Gasteiger partial charge in [-0.2, -0.15) is 0 Å². The molecule has 0 aromatic carbocycles. The molecule has 0 aromatic rings. The Labute approximate surface area is 146 Å². The van der Waals surface area contributed by atoms with E-state index in [4.69, 9.17) is 5.73 Å². The number of hydrogen-bond donors (Lipinski definition) is 1. The van der Waals surface area contributed by atoms with Gasteiger partial charge in [0.2, 0.25) is 5.91 Å². The Kier molecular flexibility index (Phi) is 16.2. The fourth-order valence-electron chi connectivity index (χ4n) is 3.00. The van der Waals surface area contributed by atoms with Crippen LogP contribution in [0.4, 0.5) is 0 Å². The van der Waals surface area contributed by atoms with Crippen LogP contribution in [0.1, 0.15) is 103 Å². The highest BCUT2D eigenvalue weighted by Crippen LogP contribution is 2.14. The minimum Gasteiger partial charge on any atom is -0.369 e. The minimum atomic E-state index is -1.12. The maximum Gasteiger partial charge on any atom is 0.233 e. The highest BCUT2D eigenvalue weighted by atomic mass is 32.2. The van der Waals surface area contributed by atoms with Crippen molar-refractivity contribution in [2.24, 2.45) is 5.73 Å². The number of carbonyl (C=O) groups is 1. The zero-order chi connectivity index (χ0) is 17.3. The molecule has 23 heavy (non-hydrogen) atoms. The van der Waals surface area contributed by atoms with Gasteiger partial charge in [-0.15, -0.1) is 0 Å². The number of carbonyl (C=O) groups excluding carboxylic acids is 1. The van der Waals surface area contributed by atoms with Crippen LogP contribution in [0.25, 0.3) is 0 Å². The summed E-state index contributed by atoms with van der Waals surface area (Å²) in [5.41, 5.74) is 5.26. The first-order valence-corrected chi connectivity index (χ1v) is 11.3. The molecule has 0 aromatic heterocycles. The van der Waals surface area contributed by atoms with Crippen molar-refractivity contribution in [1.82, 2.24) is 0 Å². The topological polar surface area (TPSA) is 60.2 Å². The van der Waals surface area contributed by atoms with E-state index >= 15 is 0 Å². The van der Waals surface area contributed by atoms with Crippen LogP contribution in [0.5, 0.6) is 0 Å². The van der Waals surface area contributed by atoms with Gasteiger partial charge in [-0.05, 0) is 6.42 Å². The smallest absolute Gasteiger partial charge is 0.233 e. The Balaban J connectivity index is 3.24. The molecule has 0 heterocycles. The second-order valence-electron chi connectivity index (χ2n) is 6.77. The van der Waals surface area contributed by atoms with Crippen molar-refractivity contribution < 1.29 is 9.00 Å². The first-order chi connectivity index (χ1) is 11.1. The van der Waals surface area contributed by atoms with E-state index in [-0.39, 0.29) is 0 Å². The van der Waals surface area contributed by atoms with Gasteiger partial charge in [-0.25, -0.2) is 0 Å². The maximum atomic E-state index is 11.4. The molecular formula is C19H39NO2S. The van der Waals surface area contributed by atoms with Gasteiger partial charge < -0.3 is 5.73 Å². The molecule has 0 aliphatic carbocycles. The van der Waals surface area contributed by atoms with Crippen molar-refractivity contribution in [3.8, 4) is 0 Å². The van der Waals surface area contributed by atoms with E-state index in [1.165, 1.54) is 77.0 Å². The predicted octanol–water partition coefficient (Wildman–Crippen LogP) is 5.09. The lowest BCUT2D eigenvalue weighted by Crippen LogP contribution is -2.31. The number of nitrogens with two attached hydrogens (primary N) is 1. The zero-order valence-electron chi connectivity index (χ0n) is 15.5. The van der Waals surface area contributed by atoms with Crippen LogP contribution in [0.15, 0.2) is 0 Å². The molecule has 0 aliphatic rings. The molecule has 0 bridgehead atoms. The largest absolute Gasteiger partial charge is 0.369 e. The number of primary amides is 1. The van der Waals surface area contributed by atoms with E-state index in [0.717, 1.165) is 12.8 Å². The van der Waals surface area contributed by atoms with Gasteiger partial charge in [-0.1, -0.05) is 96.8 Å². The SMILES string of the molecule is CCCCCCCCCCCCCCCCC(C(N)=O)S(C)=O. The summed E-state index contributed by atoms with van der Waals surface area (Å²) in [5, 5.41) is -0.452. The van der Waals surface area contributed by atoms with Crippen LogP contribution in [0, 0.1) is 0 Å². The van der Waals surface area contributed by atoms with E-state index in [0.29, 0.717) is 6.42 Å². The minimum absolute atomic E-state index is 0.416. The summed E-state index contributed by atoms with van der Waals surface area (Å²) in [5.74, 6) is -0.416. The quantitative estimate of drug-likeness (QED) is 0.373. The molecule has 2 unspecified atom stereocenters. The van der Waals surface area contributed by atoms with E-state index in [1.807, 2.05) is 0 Å². The molecular weight excluding hydrogens is 306 g/mol. The second-order valence-corrected chi connectivity index (χ2v) is 8.34. The number of amides is 1. The van der Waals surface area contributed by atoms with Crippen molar-refractivity contribution in [1.29, 1.82) is 0 Å². The Hall–Kier alpha value is -0.380. The molecule has 0 aliphatic heterocycles. The monoisotopic (exact) mass is 345 g/mol. The lowest BCUT2D eigenvalue weighted by atomic mass is 10.0. The van der Waals surface area contributed by atoms with Crippen LogP contribution >= 0.6 is 0 Å². The highest BCUT2D eigenvalue weighted by molar-refractivity contribution is 7.85. The molecule has 1 amide bonds. The third kappa shape index (κ3) is 14.9. The molecule has 0 saturated heterocycles. The Morgan fingerprint density at radius 2 is 1.13 bits per heavy atom. The van der Waals surface area contributed by atoms with Crippen LogP contribution in [-0.4, -0.2) is 21.6 Å². The van der Waals surface area contributed by atoms with Crippen molar-refractivity contribution in [2.45, 2.75) is 108 Å². The molecule has 2 atom stereocenters. The van der Waals surface area contributed by atoms with Gasteiger partial charge in [0.05, 0.1) is 0 Å². The van der Waals surface area contributed by atoms with Gasteiger partial charge in [0.25, 0.3) is 0 Å². The zero-order valence-corrected chi connectivity index (χ0v) is 16.3. The molecule has 0 saturated carbocycles. The normalized spacial score (nSPS) is 13.8. The summed E-state index contributed by atoms with van der Waals surface area (Å²) in [7, 11) is -1.12. The Bertz CT molecular complexity index is 294. The number of rotatable bonds is 17. The third-order valence-corrected chi connectivity index (χ3v) is 5.81. The molecule has 0 rings (SSSR count). The van der Waals surface area contributed by atoms with Crippen molar-refractivity contribution >= 4 is 16.7 Å². The van der Waals surface area contributed by atoms with Crippen molar-refractivity contribution in [3.63, 3.8) is 0 Å². The van der Waals surface area contributed by atoms with Crippen LogP contribution < -0.4 is 5.73 Å². The fraction of sp³-hybridized carbons (Fsp3) is 0.947. The first-order valence-electron chi connectivity index (χ1n) is 9.71. The lowest BCUT2D eigenvalue weighted by Gasteiger charge is -2.09. The van der Waals surface area contributed by atoms with Gasteiger partial charge in [0.15, 0.2) is 0 Å². The molecule has 2 N–H and O–H groups in total. The Morgan fingerprint density at radius 3 is 1.43 bits per heavy atom. The number of hydrogen-bond acceptors (Lipinski definition) is 2. The lowest BCUT2D eigenvalue weighted by molar-refractivity contribution is -0.117. The average Bonchev–Trinajstić information content (AvgIpc) is 2.50. The molecule has 138 valence electrons. The van der Waals surface area contributed by atoms with E-state index in [9.17, 15) is 9.00 Å². The fourth-order valence-corrected chi connectivity index (χ4v) is 3.82.